The minimum Gasteiger partial charge on any atom is -0.135 e. The Kier molecular flexibility index (Phi) is 6.55. The van der Waals surface area contributed by atoms with Crippen LogP contribution in [0.3, 0.4) is 0 Å². The van der Waals surface area contributed by atoms with Crippen molar-refractivity contribution >= 4 is 22.9 Å². The lowest BCUT2D eigenvalue weighted by Crippen LogP contribution is -1.86. The van der Waals surface area contributed by atoms with Gasteiger partial charge in [-0.15, -0.1) is 22.9 Å². The molecule has 1 aromatic heterocycles. The van der Waals surface area contributed by atoms with Gasteiger partial charge in [0.25, 0.3) is 0 Å². The van der Waals surface area contributed by atoms with Crippen LogP contribution in [0, 0.1) is 11.8 Å². The smallest absolute Gasteiger partial charge is 0.0839 e. The Hall–Kier alpha value is -0.450. The Morgan fingerprint density at radius 2 is 2.20 bits per heavy atom. The molecular weight excluding hydrogens is 224 g/mol. The van der Waals surface area contributed by atoms with Crippen LogP contribution in [-0.4, -0.2) is 5.88 Å². The van der Waals surface area contributed by atoms with Gasteiger partial charge in [0.15, 0.2) is 0 Å². The molecule has 0 aliphatic carbocycles. The van der Waals surface area contributed by atoms with Crippen molar-refractivity contribution in [3.8, 4) is 11.8 Å². The van der Waals surface area contributed by atoms with Crippen LogP contribution in [0.1, 0.15) is 43.0 Å². The van der Waals surface area contributed by atoms with E-state index in [4.69, 9.17) is 11.6 Å². The zero-order valence-corrected chi connectivity index (χ0v) is 10.8. The van der Waals surface area contributed by atoms with Crippen LogP contribution in [0.4, 0.5) is 0 Å². The summed E-state index contributed by atoms with van der Waals surface area (Å²) in [5, 5.41) is 2.12. The van der Waals surface area contributed by atoms with Gasteiger partial charge in [0.05, 0.1) is 10.8 Å². The summed E-state index contributed by atoms with van der Waals surface area (Å²) < 4.78 is 0. The van der Waals surface area contributed by atoms with Crippen molar-refractivity contribution in [2.75, 3.05) is 5.88 Å². The van der Waals surface area contributed by atoms with Crippen molar-refractivity contribution in [3.05, 3.63) is 21.9 Å². The van der Waals surface area contributed by atoms with Crippen LogP contribution >= 0.6 is 22.9 Å². The first-order valence-corrected chi connectivity index (χ1v) is 6.91. The van der Waals surface area contributed by atoms with Gasteiger partial charge in [-0.3, -0.25) is 0 Å². The molecule has 0 bridgehead atoms. The summed E-state index contributed by atoms with van der Waals surface area (Å²) >= 11 is 7.27. The molecule has 0 aromatic carbocycles. The van der Waals surface area contributed by atoms with Gasteiger partial charge in [0.1, 0.15) is 0 Å². The second-order valence-corrected chi connectivity index (χ2v) is 4.70. The summed E-state index contributed by atoms with van der Waals surface area (Å²) in [5.74, 6) is 6.46. The van der Waals surface area contributed by atoms with Crippen molar-refractivity contribution in [2.24, 2.45) is 0 Å². The molecule has 1 aromatic rings. The van der Waals surface area contributed by atoms with Crippen molar-refractivity contribution < 1.29 is 0 Å². The van der Waals surface area contributed by atoms with E-state index >= 15 is 0 Å². The first kappa shape index (κ1) is 12.6. The average molecular weight is 241 g/mol. The summed E-state index contributed by atoms with van der Waals surface area (Å²) in [5.41, 5.74) is 1.40. The van der Waals surface area contributed by atoms with Crippen LogP contribution in [0.2, 0.25) is 0 Å². The highest BCUT2D eigenvalue weighted by molar-refractivity contribution is 7.10. The quantitative estimate of drug-likeness (QED) is 0.405. The van der Waals surface area contributed by atoms with Gasteiger partial charge in [-0.1, -0.05) is 38.0 Å². The van der Waals surface area contributed by atoms with Crippen LogP contribution < -0.4 is 0 Å². The summed E-state index contributed by atoms with van der Waals surface area (Å²) in [6.07, 6.45) is 6.40. The van der Waals surface area contributed by atoms with Crippen LogP contribution in [-0.2, 0) is 6.42 Å². The fraction of sp³-hybridized carbons (Fsp3) is 0.538. The van der Waals surface area contributed by atoms with Crippen LogP contribution in [0.25, 0.3) is 0 Å². The molecular formula is C13H17ClS. The number of rotatable bonds is 5. The number of unbranched alkanes of at least 4 members (excludes halogenated alkanes) is 3. The largest absolute Gasteiger partial charge is 0.135 e. The zero-order chi connectivity index (χ0) is 10.9. The van der Waals surface area contributed by atoms with Crippen LogP contribution in [0.5, 0.6) is 0 Å². The van der Waals surface area contributed by atoms with Crippen molar-refractivity contribution in [2.45, 2.75) is 39.0 Å². The summed E-state index contributed by atoms with van der Waals surface area (Å²) in [6, 6.07) is 2.19. The minimum absolute atomic E-state index is 0.424. The van der Waals surface area contributed by atoms with Gasteiger partial charge in [0, 0.05) is 0 Å². The maximum absolute atomic E-state index is 5.55. The lowest BCUT2D eigenvalue weighted by atomic mass is 10.1. The molecule has 0 radical (unpaired) electrons. The summed E-state index contributed by atoms with van der Waals surface area (Å²) in [7, 11) is 0. The minimum atomic E-state index is 0.424. The number of thiophene rings is 1. The molecule has 1 heterocycles. The van der Waals surface area contributed by atoms with Gasteiger partial charge in [-0.2, -0.15) is 0 Å². The van der Waals surface area contributed by atoms with E-state index < -0.39 is 0 Å². The highest BCUT2D eigenvalue weighted by Gasteiger charge is 2.00. The topological polar surface area (TPSA) is 0 Å². The molecule has 0 amide bonds. The Morgan fingerprint density at radius 3 is 2.93 bits per heavy atom. The molecule has 0 saturated heterocycles. The monoisotopic (exact) mass is 240 g/mol. The molecule has 0 fully saturated rings. The molecule has 0 spiro atoms. The van der Waals surface area contributed by atoms with Gasteiger partial charge in [0.2, 0.25) is 0 Å². The molecule has 1 rings (SSSR count). The third-order valence-corrected chi connectivity index (χ3v) is 3.32. The number of hydrogen-bond acceptors (Lipinski definition) is 1. The van der Waals surface area contributed by atoms with E-state index in [9.17, 15) is 0 Å². The van der Waals surface area contributed by atoms with E-state index in [1.807, 2.05) is 0 Å². The predicted molar refractivity (Wildman–Crippen MR) is 69.8 cm³/mol. The average Bonchev–Trinajstić information content (AvgIpc) is 2.69. The normalized spacial score (nSPS) is 9.73. The number of halogens is 1. The molecule has 0 N–H and O–H groups in total. The highest BCUT2D eigenvalue weighted by Crippen LogP contribution is 2.18. The Bertz CT molecular complexity index is 330. The van der Waals surface area contributed by atoms with Gasteiger partial charge < -0.3 is 0 Å². The third kappa shape index (κ3) is 4.73. The van der Waals surface area contributed by atoms with Gasteiger partial charge in [-0.25, -0.2) is 0 Å². The van der Waals surface area contributed by atoms with E-state index in [1.54, 1.807) is 11.3 Å². The summed E-state index contributed by atoms with van der Waals surface area (Å²) in [6.45, 7) is 2.24. The standard InChI is InChI=1S/C13H17ClS/c1-2-3-4-5-7-12-9-11-15-13(12)8-6-10-14/h9,11H,2-5,7,10H2,1H3. The molecule has 0 aliphatic heterocycles. The molecule has 2 heteroatoms. The van der Waals surface area contributed by atoms with E-state index in [-0.39, 0.29) is 0 Å². The van der Waals surface area contributed by atoms with Crippen molar-refractivity contribution in [1.82, 2.24) is 0 Å². The lowest BCUT2D eigenvalue weighted by molar-refractivity contribution is 0.667. The predicted octanol–water partition coefficient (Wildman–Crippen LogP) is 4.46. The molecule has 0 atom stereocenters. The maximum Gasteiger partial charge on any atom is 0.0839 e. The van der Waals surface area contributed by atoms with Crippen molar-refractivity contribution in [1.29, 1.82) is 0 Å². The molecule has 0 nitrogen and oxygen atoms in total. The van der Waals surface area contributed by atoms with Crippen LogP contribution in [0.15, 0.2) is 11.4 Å². The molecule has 0 unspecified atom stereocenters. The second-order valence-electron chi connectivity index (χ2n) is 3.52. The molecule has 15 heavy (non-hydrogen) atoms. The highest BCUT2D eigenvalue weighted by atomic mass is 35.5. The van der Waals surface area contributed by atoms with Gasteiger partial charge in [-0.05, 0) is 29.9 Å². The Labute approximate surface area is 102 Å². The van der Waals surface area contributed by atoms with Crippen molar-refractivity contribution in [3.63, 3.8) is 0 Å². The SMILES string of the molecule is CCCCCCc1ccsc1C#CCCl. The fourth-order valence-electron chi connectivity index (χ4n) is 1.50. The third-order valence-electron chi connectivity index (χ3n) is 2.32. The first-order chi connectivity index (χ1) is 7.38. The Balaban J connectivity index is 2.43. The summed E-state index contributed by atoms with van der Waals surface area (Å²) in [4.78, 5) is 1.20. The van der Waals surface area contributed by atoms with E-state index in [0.717, 1.165) is 6.42 Å². The molecule has 0 saturated carbocycles. The fourth-order valence-corrected chi connectivity index (χ4v) is 2.39. The van der Waals surface area contributed by atoms with Gasteiger partial charge >= 0.3 is 0 Å². The van der Waals surface area contributed by atoms with E-state index in [0.29, 0.717) is 5.88 Å². The Morgan fingerprint density at radius 1 is 1.33 bits per heavy atom. The first-order valence-electron chi connectivity index (χ1n) is 5.49. The number of hydrogen-bond donors (Lipinski definition) is 0. The number of alkyl halides is 1. The molecule has 82 valence electrons. The maximum atomic E-state index is 5.55. The van der Waals surface area contributed by atoms with E-state index in [2.05, 4.69) is 30.2 Å². The zero-order valence-electron chi connectivity index (χ0n) is 9.18. The lowest BCUT2D eigenvalue weighted by Gasteiger charge is -1.98. The van der Waals surface area contributed by atoms with E-state index in [1.165, 1.54) is 36.1 Å². The molecule has 0 aliphatic rings. The number of aryl methyl sites for hydroxylation is 1. The second kappa shape index (κ2) is 7.79.